The standard InChI is InChI=1S/C20H25FN4O3/c21-17-3-1-2-15(12-17)13-18-22-19(28-23-18)14-24-6-4-16(5-7-24)20(26)25-8-10-27-11-9-25/h1-3,12,16H,4-11,13-14H2. The number of benzene rings is 1. The molecule has 2 saturated heterocycles. The van der Waals surface area contributed by atoms with E-state index in [1.54, 1.807) is 6.07 Å². The number of carbonyl (C=O) groups is 1. The van der Waals surface area contributed by atoms with Gasteiger partial charge in [0.15, 0.2) is 5.82 Å². The van der Waals surface area contributed by atoms with Gasteiger partial charge >= 0.3 is 0 Å². The first-order valence-electron chi connectivity index (χ1n) is 9.82. The summed E-state index contributed by atoms with van der Waals surface area (Å²) in [6, 6.07) is 6.41. The van der Waals surface area contributed by atoms with Crippen molar-refractivity contribution >= 4 is 5.91 Å². The third-order valence-corrected chi connectivity index (χ3v) is 5.38. The van der Waals surface area contributed by atoms with Gasteiger partial charge in [0.05, 0.1) is 19.8 Å². The smallest absolute Gasteiger partial charge is 0.240 e. The van der Waals surface area contributed by atoms with Crippen LogP contribution in [-0.4, -0.2) is 65.2 Å². The summed E-state index contributed by atoms with van der Waals surface area (Å²) in [5.41, 5.74) is 0.815. The van der Waals surface area contributed by atoms with E-state index < -0.39 is 0 Å². The van der Waals surface area contributed by atoms with Gasteiger partial charge in [0.1, 0.15) is 5.82 Å². The largest absolute Gasteiger partial charge is 0.378 e. The summed E-state index contributed by atoms with van der Waals surface area (Å²) in [4.78, 5) is 21.2. The Balaban J connectivity index is 1.26. The highest BCUT2D eigenvalue weighted by molar-refractivity contribution is 5.79. The molecule has 0 aliphatic carbocycles. The number of nitrogens with zero attached hydrogens (tertiary/aromatic N) is 4. The van der Waals surface area contributed by atoms with Crippen molar-refractivity contribution in [3.8, 4) is 0 Å². The SMILES string of the molecule is O=C(C1CCN(Cc2nc(Cc3cccc(F)c3)no2)CC1)N1CCOCC1. The molecule has 0 N–H and O–H groups in total. The van der Waals surface area contributed by atoms with Gasteiger partial charge in [-0.25, -0.2) is 4.39 Å². The summed E-state index contributed by atoms with van der Waals surface area (Å²) in [7, 11) is 0. The molecule has 7 nitrogen and oxygen atoms in total. The Morgan fingerprint density at radius 1 is 1.18 bits per heavy atom. The van der Waals surface area contributed by atoms with Crippen LogP contribution >= 0.6 is 0 Å². The molecular weight excluding hydrogens is 363 g/mol. The normalized spacial score (nSPS) is 19.1. The number of hydrogen-bond donors (Lipinski definition) is 0. The molecule has 150 valence electrons. The zero-order valence-electron chi connectivity index (χ0n) is 15.8. The fourth-order valence-electron chi connectivity index (χ4n) is 3.83. The van der Waals surface area contributed by atoms with Crippen molar-refractivity contribution < 1.29 is 18.4 Å². The van der Waals surface area contributed by atoms with E-state index in [9.17, 15) is 9.18 Å². The molecule has 28 heavy (non-hydrogen) atoms. The zero-order valence-corrected chi connectivity index (χ0v) is 15.8. The highest BCUT2D eigenvalue weighted by Crippen LogP contribution is 2.21. The maximum atomic E-state index is 13.3. The van der Waals surface area contributed by atoms with E-state index in [1.807, 2.05) is 11.0 Å². The highest BCUT2D eigenvalue weighted by Gasteiger charge is 2.29. The molecule has 2 aliphatic rings. The summed E-state index contributed by atoms with van der Waals surface area (Å²) in [6.07, 6.45) is 2.14. The molecule has 4 rings (SSSR count). The monoisotopic (exact) mass is 388 g/mol. The first-order valence-corrected chi connectivity index (χ1v) is 9.82. The summed E-state index contributed by atoms with van der Waals surface area (Å²) in [5, 5.41) is 4.00. The second-order valence-corrected chi connectivity index (χ2v) is 7.40. The van der Waals surface area contributed by atoms with Crippen molar-refractivity contribution in [2.45, 2.75) is 25.8 Å². The molecule has 2 fully saturated rings. The van der Waals surface area contributed by atoms with E-state index in [2.05, 4.69) is 15.0 Å². The number of carbonyl (C=O) groups excluding carboxylic acids is 1. The maximum Gasteiger partial charge on any atom is 0.240 e. The molecule has 8 heteroatoms. The fraction of sp³-hybridized carbons (Fsp3) is 0.550. The van der Waals surface area contributed by atoms with Crippen LogP contribution in [0.4, 0.5) is 4.39 Å². The van der Waals surface area contributed by atoms with Crippen molar-refractivity contribution in [1.82, 2.24) is 19.9 Å². The van der Waals surface area contributed by atoms with Crippen LogP contribution < -0.4 is 0 Å². The van der Waals surface area contributed by atoms with Crippen LogP contribution in [0, 0.1) is 11.7 Å². The molecule has 1 aromatic carbocycles. The van der Waals surface area contributed by atoms with Crippen LogP contribution in [-0.2, 0) is 22.5 Å². The fourth-order valence-corrected chi connectivity index (χ4v) is 3.83. The van der Waals surface area contributed by atoms with Crippen LogP contribution in [0.3, 0.4) is 0 Å². The van der Waals surface area contributed by atoms with Crippen LogP contribution in [0.5, 0.6) is 0 Å². The Bertz CT molecular complexity index is 798. The molecule has 0 spiro atoms. The molecular formula is C20H25FN4O3. The molecule has 1 aromatic heterocycles. The number of halogens is 1. The molecule has 1 amide bonds. The number of ether oxygens (including phenoxy) is 1. The predicted octanol–water partition coefficient (Wildman–Crippen LogP) is 1.87. The van der Waals surface area contributed by atoms with Gasteiger partial charge in [-0.15, -0.1) is 0 Å². The van der Waals surface area contributed by atoms with E-state index in [1.165, 1.54) is 12.1 Å². The molecule has 0 radical (unpaired) electrons. The van der Waals surface area contributed by atoms with Gasteiger partial charge < -0.3 is 14.2 Å². The van der Waals surface area contributed by atoms with Gasteiger partial charge in [-0.1, -0.05) is 17.3 Å². The Kier molecular flexibility index (Phi) is 5.97. The molecule has 2 aliphatic heterocycles. The lowest BCUT2D eigenvalue weighted by atomic mass is 9.95. The number of aromatic nitrogens is 2. The third kappa shape index (κ3) is 4.74. The van der Waals surface area contributed by atoms with Crippen LogP contribution in [0.2, 0.25) is 0 Å². The van der Waals surface area contributed by atoms with Gasteiger partial charge in [-0.3, -0.25) is 9.69 Å². The number of likely N-dealkylation sites (tertiary alicyclic amines) is 1. The topological polar surface area (TPSA) is 71.7 Å². The van der Waals surface area contributed by atoms with Crippen LogP contribution in [0.1, 0.15) is 30.1 Å². The number of rotatable bonds is 5. The molecule has 3 heterocycles. The van der Waals surface area contributed by atoms with Gasteiger partial charge in [0.2, 0.25) is 11.8 Å². The Labute approximate surface area is 163 Å². The van der Waals surface area contributed by atoms with E-state index in [0.717, 1.165) is 31.5 Å². The zero-order chi connectivity index (χ0) is 19.3. The molecule has 0 bridgehead atoms. The van der Waals surface area contributed by atoms with Crippen molar-refractivity contribution in [1.29, 1.82) is 0 Å². The third-order valence-electron chi connectivity index (χ3n) is 5.38. The minimum Gasteiger partial charge on any atom is -0.378 e. The second-order valence-electron chi connectivity index (χ2n) is 7.40. The highest BCUT2D eigenvalue weighted by atomic mass is 19.1. The Morgan fingerprint density at radius 2 is 1.96 bits per heavy atom. The van der Waals surface area contributed by atoms with Crippen molar-refractivity contribution in [2.24, 2.45) is 5.92 Å². The van der Waals surface area contributed by atoms with Crippen LogP contribution in [0.15, 0.2) is 28.8 Å². The molecule has 0 atom stereocenters. The quantitative estimate of drug-likeness (QED) is 0.779. The summed E-state index contributed by atoms with van der Waals surface area (Å²) in [6.45, 7) is 4.93. The first-order chi connectivity index (χ1) is 13.7. The van der Waals surface area contributed by atoms with Crippen molar-refractivity contribution in [3.05, 3.63) is 47.4 Å². The lowest BCUT2D eigenvalue weighted by Gasteiger charge is -2.35. The molecule has 0 unspecified atom stereocenters. The number of morpholine rings is 1. The molecule has 0 saturated carbocycles. The molecule has 2 aromatic rings. The number of piperidine rings is 1. The van der Waals surface area contributed by atoms with Crippen molar-refractivity contribution in [2.75, 3.05) is 39.4 Å². The number of amides is 1. The number of hydrogen-bond acceptors (Lipinski definition) is 6. The van der Waals surface area contributed by atoms with E-state index >= 15 is 0 Å². The lowest BCUT2D eigenvalue weighted by Crippen LogP contribution is -2.46. The Hall–Kier alpha value is -2.32. The van der Waals surface area contributed by atoms with Gasteiger partial charge in [0.25, 0.3) is 0 Å². The van der Waals surface area contributed by atoms with Gasteiger partial charge in [-0.2, -0.15) is 4.98 Å². The van der Waals surface area contributed by atoms with Gasteiger partial charge in [-0.05, 0) is 43.6 Å². The van der Waals surface area contributed by atoms with E-state index in [0.29, 0.717) is 51.0 Å². The van der Waals surface area contributed by atoms with Gasteiger partial charge in [0, 0.05) is 25.4 Å². The first kappa shape index (κ1) is 19.0. The predicted molar refractivity (Wildman–Crippen MR) is 98.9 cm³/mol. The average Bonchev–Trinajstić information content (AvgIpc) is 3.15. The summed E-state index contributed by atoms with van der Waals surface area (Å²) in [5.74, 6) is 1.21. The minimum atomic E-state index is -0.268. The van der Waals surface area contributed by atoms with E-state index in [4.69, 9.17) is 9.26 Å². The lowest BCUT2D eigenvalue weighted by molar-refractivity contribution is -0.141. The summed E-state index contributed by atoms with van der Waals surface area (Å²) < 4.78 is 24.0. The second kappa shape index (κ2) is 8.79. The maximum absolute atomic E-state index is 13.3. The summed E-state index contributed by atoms with van der Waals surface area (Å²) >= 11 is 0. The minimum absolute atomic E-state index is 0.0978. The Morgan fingerprint density at radius 3 is 2.71 bits per heavy atom. The van der Waals surface area contributed by atoms with Crippen molar-refractivity contribution in [3.63, 3.8) is 0 Å². The van der Waals surface area contributed by atoms with Crippen LogP contribution in [0.25, 0.3) is 0 Å². The van der Waals surface area contributed by atoms with E-state index in [-0.39, 0.29) is 17.6 Å². The average molecular weight is 388 g/mol.